The lowest BCUT2D eigenvalue weighted by molar-refractivity contribution is 0.0517. The van der Waals surface area contributed by atoms with Crippen molar-refractivity contribution < 1.29 is 28.5 Å². The number of esters is 2. The van der Waals surface area contributed by atoms with E-state index in [4.69, 9.17) is 18.9 Å². The summed E-state index contributed by atoms with van der Waals surface area (Å²) in [4.78, 5) is 23.6. The number of carbonyl (C=O) groups is 2. The van der Waals surface area contributed by atoms with E-state index in [-0.39, 0.29) is 11.9 Å². The summed E-state index contributed by atoms with van der Waals surface area (Å²) in [7, 11) is 0. The molecule has 4 rings (SSSR count). The van der Waals surface area contributed by atoms with Gasteiger partial charge in [-0.1, -0.05) is 48.5 Å². The zero-order valence-corrected chi connectivity index (χ0v) is 22.9. The Morgan fingerprint density at radius 3 is 1.07 bits per heavy atom. The largest absolute Gasteiger partial charge is 0.494 e. The molecule has 40 heavy (non-hydrogen) atoms. The highest BCUT2D eigenvalue weighted by molar-refractivity contribution is 5.90. The van der Waals surface area contributed by atoms with Crippen LogP contribution in [0.5, 0.6) is 11.5 Å². The van der Waals surface area contributed by atoms with Crippen LogP contribution in [0.15, 0.2) is 97.1 Å². The molecule has 0 unspecified atom stereocenters. The van der Waals surface area contributed by atoms with Gasteiger partial charge in [0.05, 0.1) is 37.6 Å². The maximum Gasteiger partial charge on any atom is 0.338 e. The van der Waals surface area contributed by atoms with Gasteiger partial charge in [0.15, 0.2) is 0 Å². The SMILES string of the molecule is CCOC(=O)c1ccc(-c2ccc(OCCCCOc3ccc(-c4ccc(C(=O)OCC)cc4)cc3)cc2)cc1. The molecular formula is C34H34O6. The number of hydrogen-bond donors (Lipinski definition) is 0. The molecule has 0 aliphatic carbocycles. The van der Waals surface area contributed by atoms with E-state index < -0.39 is 0 Å². The lowest BCUT2D eigenvalue weighted by Crippen LogP contribution is -2.04. The predicted molar refractivity (Wildman–Crippen MR) is 156 cm³/mol. The summed E-state index contributed by atoms with van der Waals surface area (Å²) >= 11 is 0. The molecule has 0 spiro atoms. The summed E-state index contributed by atoms with van der Waals surface area (Å²) in [5.41, 5.74) is 5.25. The van der Waals surface area contributed by atoms with Gasteiger partial charge < -0.3 is 18.9 Å². The van der Waals surface area contributed by atoms with Gasteiger partial charge >= 0.3 is 11.9 Å². The Bertz CT molecular complexity index is 1250. The third kappa shape index (κ3) is 7.96. The van der Waals surface area contributed by atoms with Crippen molar-refractivity contribution >= 4 is 11.9 Å². The van der Waals surface area contributed by atoms with Crippen LogP contribution < -0.4 is 9.47 Å². The lowest BCUT2D eigenvalue weighted by Gasteiger charge is -2.10. The highest BCUT2D eigenvalue weighted by atomic mass is 16.5. The van der Waals surface area contributed by atoms with Gasteiger partial charge in [-0.3, -0.25) is 0 Å². The average molecular weight is 539 g/mol. The fourth-order valence-electron chi connectivity index (χ4n) is 4.10. The van der Waals surface area contributed by atoms with Gasteiger partial charge in [0.2, 0.25) is 0 Å². The van der Waals surface area contributed by atoms with Crippen LogP contribution in [0.2, 0.25) is 0 Å². The second-order valence-corrected chi connectivity index (χ2v) is 9.05. The van der Waals surface area contributed by atoms with Gasteiger partial charge in [0.1, 0.15) is 11.5 Å². The smallest absolute Gasteiger partial charge is 0.338 e. The summed E-state index contributed by atoms with van der Waals surface area (Å²) in [6.45, 7) is 5.53. The molecule has 6 heteroatoms. The van der Waals surface area contributed by atoms with Crippen LogP contribution in [0.1, 0.15) is 47.4 Å². The van der Waals surface area contributed by atoms with Crippen molar-refractivity contribution in [1.29, 1.82) is 0 Å². The van der Waals surface area contributed by atoms with Gasteiger partial charge in [0, 0.05) is 0 Å². The van der Waals surface area contributed by atoms with E-state index in [9.17, 15) is 9.59 Å². The van der Waals surface area contributed by atoms with Gasteiger partial charge in [-0.15, -0.1) is 0 Å². The number of hydrogen-bond acceptors (Lipinski definition) is 6. The molecule has 4 aromatic rings. The van der Waals surface area contributed by atoms with E-state index in [2.05, 4.69) is 0 Å². The minimum Gasteiger partial charge on any atom is -0.494 e. The fourth-order valence-corrected chi connectivity index (χ4v) is 4.10. The summed E-state index contributed by atoms with van der Waals surface area (Å²) in [5.74, 6) is 1.02. The second-order valence-electron chi connectivity index (χ2n) is 9.05. The van der Waals surface area contributed by atoms with E-state index in [1.165, 1.54) is 0 Å². The van der Waals surface area contributed by atoms with Crippen LogP contribution in [0.3, 0.4) is 0 Å². The molecule has 0 N–H and O–H groups in total. The molecule has 0 aliphatic heterocycles. The minimum absolute atomic E-state index is 0.308. The zero-order chi connectivity index (χ0) is 28.2. The maximum atomic E-state index is 11.8. The Morgan fingerprint density at radius 2 is 0.775 bits per heavy atom. The van der Waals surface area contributed by atoms with E-state index in [0.29, 0.717) is 37.6 Å². The van der Waals surface area contributed by atoms with E-state index in [1.54, 1.807) is 38.1 Å². The first-order valence-corrected chi connectivity index (χ1v) is 13.6. The minimum atomic E-state index is -0.308. The Morgan fingerprint density at radius 1 is 0.475 bits per heavy atom. The Balaban J connectivity index is 1.16. The monoisotopic (exact) mass is 538 g/mol. The lowest BCUT2D eigenvalue weighted by atomic mass is 10.0. The maximum absolute atomic E-state index is 11.8. The van der Waals surface area contributed by atoms with Gasteiger partial charge in [0.25, 0.3) is 0 Å². The molecule has 0 aromatic heterocycles. The van der Waals surface area contributed by atoms with Crippen LogP contribution in [0.25, 0.3) is 22.3 Å². The van der Waals surface area contributed by atoms with E-state index >= 15 is 0 Å². The van der Waals surface area contributed by atoms with Crippen LogP contribution in [0, 0.1) is 0 Å². The molecule has 206 valence electrons. The predicted octanol–water partition coefficient (Wildman–Crippen LogP) is 7.61. The van der Waals surface area contributed by atoms with Crippen molar-refractivity contribution in [3.05, 3.63) is 108 Å². The van der Waals surface area contributed by atoms with Gasteiger partial charge in [-0.25, -0.2) is 9.59 Å². The summed E-state index contributed by atoms with van der Waals surface area (Å²) in [6, 6.07) is 30.6. The average Bonchev–Trinajstić information content (AvgIpc) is 3.00. The second kappa shape index (κ2) is 14.5. The van der Waals surface area contributed by atoms with Crippen molar-refractivity contribution in [1.82, 2.24) is 0 Å². The normalized spacial score (nSPS) is 10.6. The van der Waals surface area contributed by atoms with Crippen LogP contribution >= 0.6 is 0 Å². The standard InChI is InChI=1S/C34H34O6/c1-3-37-33(35)29-11-7-25(8-12-29)27-15-19-31(20-16-27)39-23-5-6-24-40-32-21-17-28(18-22-32)26-9-13-30(14-10-26)34(36)38-4-2/h7-22H,3-6,23-24H2,1-2H3. The number of benzene rings is 4. The Hall–Kier alpha value is -4.58. The Kier molecular flexibility index (Phi) is 10.3. The number of rotatable bonds is 13. The number of ether oxygens (including phenoxy) is 4. The van der Waals surface area contributed by atoms with E-state index in [0.717, 1.165) is 46.6 Å². The molecule has 0 radical (unpaired) electrons. The van der Waals surface area contributed by atoms with Gasteiger partial charge in [-0.2, -0.15) is 0 Å². The van der Waals surface area contributed by atoms with Gasteiger partial charge in [-0.05, 0) is 97.5 Å². The quantitative estimate of drug-likeness (QED) is 0.129. The van der Waals surface area contributed by atoms with Crippen LogP contribution in [0.4, 0.5) is 0 Å². The number of unbranched alkanes of at least 4 members (excludes halogenated alkanes) is 1. The van der Waals surface area contributed by atoms with Crippen LogP contribution in [-0.4, -0.2) is 38.4 Å². The molecule has 0 bridgehead atoms. The van der Waals surface area contributed by atoms with Crippen molar-refractivity contribution in [2.75, 3.05) is 26.4 Å². The van der Waals surface area contributed by atoms with E-state index in [1.807, 2.05) is 72.8 Å². The molecule has 0 heterocycles. The highest BCUT2D eigenvalue weighted by Gasteiger charge is 2.08. The first kappa shape index (κ1) is 28.4. The van der Waals surface area contributed by atoms with Crippen molar-refractivity contribution in [2.24, 2.45) is 0 Å². The fraction of sp³-hybridized carbons (Fsp3) is 0.235. The van der Waals surface area contributed by atoms with Crippen molar-refractivity contribution in [2.45, 2.75) is 26.7 Å². The molecule has 0 saturated heterocycles. The highest BCUT2D eigenvalue weighted by Crippen LogP contribution is 2.25. The molecule has 0 aliphatic rings. The molecule has 6 nitrogen and oxygen atoms in total. The molecule has 0 saturated carbocycles. The molecule has 4 aromatic carbocycles. The molecular weight excluding hydrogens is 504 g/mol. The zero-order valence-electron chi connectivity index (χ0n) is 22.9. The third-order valence-electron chi connectivity index (χ3n) is 6.24. The summed E-state index contributed by atoms with van der Waals surface area (Å²) in [6.07, 6.45) is 1.75. The molecule has 0 amide bonds. The summed E-state index contributed by atoms with van der Waals surface area (Å²) < 4.78 is 21.8. The summed E-state index contributed by atoms with van der Waals surface area (Å²) in [5, 5.41) is 0. The third-order valence-corrected chi connectivity index (χ3v) is 6.24. The molecule has 0 fully saturated rings. The van der Waals surface area contributed by atoms with Crippen molar-refractivity contribution in [3.63, 3.8) is 0 Å². The topological polar surface area (TPSA) is 71.1 Å². The Labute approximate surface area is 235 Å². The molecule has 0 atom stereocenters. The number of carbonyl (C=O) groups excluding carboxylic acids is 2. The van der Waals surface area contributed by atoms with Crippen LogP contribution in [-0.2, 0) is 9.47 Å². The first-order chi connectivity index (χ1) is 19.6. The van der Waals surface area contributed by atoms with Crippen molar-refractivity contribution in [3.8, 4) is 33.8 Å². The first-order valence-electron chi connectivity index (χ1n) is 13.6.